The maximum atomic E-state index is 12.1. The second-order valence-electron chi connectivity index (χ2n) is 5.87. The van der Waals surface area contributed by atoms with Crippen molar-refractivity contribution >= 4 is 35.6 Å². The lowest BCUT2D eigenvalue weighted by Gasteiger charge is -2.22. The molecule has 6 nitrogen and oxygen atoms in total. The molecule has 0 radical (unpaired) electrons. The van der Waals surface area contributed by atoms with Crippen molar-refractivity contribution in [1.29, 1.82) is 0 Å². The molecule has 0 aliphatic rings. The van der Waals surface area contributed by atoms with Crippen LogP contribution in [0.15, 0.2) is 4.79 Å². The molecule has 0 fully saturated rings. The van der Waals surface area contributed by atoms with Gasteiger partial charge in [-0.2, -0.15) is 0 Å². The van der Waals surface area contributed by atoms with Crippen molar-refractivity contribution in [2.24, 2.45) is 14.1 Å². The van der Waals surface area contributed by atoms with Gasteiger partial charge < -0.3 is 10.1 Å². The summed E-state index contributed by atoms with van der Waals surface area (Å²) in [6.45, 7) is 6.26. The Morgan fingerprint density at radius 2 is 2.00 bits per heavy atom. The number of nitrogens with zero attached hydrogens (tertiary/aromatic N) is 2. The topological polar surface area (TPSA) is 65.3 Å². The van der Waals surface area contributed by atoms with Gasteiger partial charge in [-0.3, -0.25) is 13.9 Å². The third kappa shape index (κ3) is 6.18. The van der Waals surface area contributed by atoms with E-state index in [-0.39, 0.29) is 17.0 Å². The number of rotatable bonds is 10. The lowest BCUT2D eigenvalue weighted by atomic mass is 10.2. The monoisotopic (exact) mass is 387 g/mol. The van der Waals surface area contributed by atoms with Crippen LogP contribution >= 0.6 is 24.0 Å². The Labute approximate surface area is 159 Å². The normalized spacial score (nSPS) is 12.0. The van der Waals surface area contributed by atoms with Crippen molar-refractivity contribution in [3.8, 4) is 0 Å². The third-order valence-corrected chi connectivity index (χ3v) is 5.69. The predicted molar refractivity (Wildman–Crippen MR) is 107 cm³/mol. The Bertz CT molecular complexity index is 698. The van der Waals surface area contributed by atoms with E-state index >= 15 is 0 Å². The van der Waals surface area contributed by atoms with E-state index in [4.69, 9.17) is 17.0 Å². The minimum atomic E-state index is -0.169. The van der Waals surface area contributed by atoms with Crippen LogP contribution in [0, 0.1) is 11.6 Å². The first-order valence-corrected chi connectivity index (χ1v) is 10.1. The number of aromatic nitrogens is 2. The van der Waals surface area contributed by atoms with Crippen LogP contribution < -0.4 is 11.0 Å². The zero-order chi connectivity index (χ0) is 19.0. The second kappa shape index (κ2) is 10.7. The van der Waals surface area contributed by atoms with Gasteiger partial charge in [0.25, 0.3) is 0 Å². The number of esters is 1. The molecule has 1 N–H and O–H groups in total. The zero-order valence-electron chi connectivity index (χ0n) is 15.8. The Hall–Kier alpha value is -1.28. The first-order valence-electron chi connectivity index (χ1n) is 8.63. The Morgan fingerprint density at radius 3 is 2.60 bits per heavy atom. The maximum absolute atomic E-state index is 12.1. The fourth-order valence-corrected chi connectivity index (χ4v) is 3.77. The molecule has 1 aromatic rings. The predicted octanol–water partition coefficient (Wildman–Crippen LogP) is 3.38. The number of hydrogen-bond donors (Lipinski definition) is 1. The molecule has 0 spiro atoms. The number of unbranched alkanes of at least 4 members (excludes halogenated alkanes) is 1. The van der Waals surface area contributed by atoms with Gasteiger partial charge in [-0.15, -0.1) is 11.8 Å². The molecular weight excluding hydrogens is 358 g/mol. The summed E-state index contributed by atoms with van der Waals surface area (Å²) in [7, 11) is 3.43. The Kier molecular flexibility index (Phi) is 9.27. The van der Waals surface area contributed by atoms with Crippen LogP contribution in [-0.2, 0) is 23.6 Å². The number of carbonyl (C=O) groups excluding carboxylic acids is 1. The quantitative estimate of drug-likeness (QED) is 0.377. The van der Waals surface area contributed by atoms with Gasteiger partial charge in [-0.25, -0.2) is 4.79 Å². The van der Waals surface area contributed by atoms with Crippen molar-refractivity contribution in [3.63, 3.8) is 0 Å². The Balaban J connectivity index is 2.90. The van der Waals surface area contributed by atoms with Crippen LogP contribution in [0.2, 0.25) is 0 Å². The molecule has 0 aliphatic carbocycles. The molecule has 1 unspecified atom stereocenters. The Morgan fingerprint density at radius 1 is 1.32 bits per heavy atom. The molecule has 0 amide bonds. The molecule has 0 aromatic carbocycles. The van der Waals surface area contributed by atoms with Crippen LogP contribution in [0.3, 0.4) is 0 Å². The molecule has 1 atom stereocenters. The number of nitrogens with one attached hydrogen (secondary N) is 1. The SMILES string of the molecule is CCCCC(Nc1c(C)n(C)c(=O)n(C)c1=S)SCCC(=O)OCC. The molecule has 0 saturated heterocycles. The average Bonchev–Trinajstić information content (AvgIpc) is 2.59. The highest BCUT2D eigenvalue weighted by atomic mass is 32.2. The van der Waals surface area contributed by atoms with Crippen molar-refractivity contribution in [2.75, 3.05) is 17.7 Å². The molecule has 1 rings (SSSR count). The molecule has 25 heavy (non-hydrogen) atoms. The van der Waals surface area contributed by atoms with Gasteiger partial charge in [-0.1, -0.05) is 32.0 Å². The number of ether oxygens (including phenoxy) is 1. The molecule has 0 aliphatic heterocycles. The second-order valence-corrected chi connectivity index (χ2v) is 7.56. The molecule has 0 bridgehead atoms. The van der Waals surface area contributed by atoms with Gasteiger partial charge >= 0.3 is 11.7 Å². The van der Waals surface area contributed by atoms with Crippen molar-refractivity contribution in [2.45, 2.75) is 51.8 Å². The van der Waals surface area contributed by atoms with Gasteiger partial charge in [0, 0.05) is 25.5 Å². The summed E-state index contributed by atoms with van der Waals surface area (Å²) in [4.78, 5) is 23.6. The number of hydrogen-bond acceptors (Lipinski definition) is 6. The number of anilines is 1. The number of carbonyl (C=O) groups is 1. The van der Waals surface area contributed by atoms with Crippen LogP contribution in [0.1, 0.15) is 45.2 Å². The van der Waals surface area contributed by atoms with E-state index in [0.717, 1.165) is 30.6 Å². The standard InChI is InChI=1S/C17H29N3O3S2/c1-6-8-9-13(25-11-10-14(21)23-7-2)18-15-12(3)19(4)17(22)20(5)16(15)24/h13,18H,6-11H2,1-5H3. The van der Waals surface area contributed by atoms with E-state index in [1.165, 1.54) is 4.57 Å². The summed E-state index contributed by atoms with van der Waals surface area (Å²) in [5, 5.41) is 3.62. The first-order chi connectivity index (χ1) is 11.8. The van der Waals surface area contributed by atoms with Gasteiger partial charge in [0.1, 0.15) is 4.64 Å². The fourth-order valence-electron chi connectivity index (χ4n) is 2.38. The van der Waals surface area contributed by atoms with E-state index in [2.05, 4.69) is 12.2 Å². The summed E-state index contributed by atoms with van der Waals surface area (Å²) < 4.78 is 8.56. The van der Waals surface area contributed by atoms with E-state index in [9.17, 15) is 9.59 Å². The minimum Gasteiger partial charge on any atom is -0.466 e. The maximum Gasteiger partial charge on any atom is 0.328 e. The number of thioether (sulfide) groups is 1. The summed E-state index contributed by atoms with van der Waals surface area (Å²) in [5.74, 6) is 0.516. The van der Waals surface area contributed by atoms with Gasteiger partial charge in [0.2, 0.25) is 0 Å². The zero-order valence-corrected chi connectivity index (χ0v) is 17.4. The smallest absolute Gasteiger partial charge is 0.328 e. The van der Waals surface area contributed by atoms with Crippen molar-refractivity contribution in [3.05, 3.63) is 20.8 Å². The van der Waals surface area contributed by atoms with Crippen LogP contribution in [0.4, 0.5) is 5.69 Å². The third-order valence-electron chi connectivity index (χ3n) is 4.01. The summed E-state index contributed by atoms with van der Waals surface area (Å²) >= 11 is 7.14. The molecule has 142 valence electrons. The molecule has 1 aromatic heterocycles. The van der Waals surface area contributed by atoms with Crippen LogP contribution in [-0.4, -0.2) is 32.8 Å². The van der Waals surface area contributed by atoms with E-state index in [0.29, 0.717) is 23.4 Å². The fraction of sp³-hybridized carbons (Fsp3) is 0.706. The molecule has 8 heteroatoms. The molecular formula is C17H29N3O3S2. The van der Waals surface area contributed by atoms with Crippen molar-refractivity contribution in [1.82, 2.24) is 9.13 Å². The van der Waals surface area contributed by atoms with E-state index in [1.807, 2.05) is 13.8 Å². The van der Waals surface area contributed by atoms with E-state index < -0.39 is 0 Å². The summed E-state index contributed by atoms with van der Waals surface area (Å²) in [5.41, 5.74) is 1.50. The van der Waals surface area contributed by atoms with Crippen LogP contribution in [0.25, 0.3) is 0 Å². The molecule has 0 saturated carbocycles. The minimum absolute atomic E-state index is 0.131. The summed E-state index contributed by atoms with van der Waals surface area (Å²) in [6, 6.07) is 0. The summed E-state index contributed by atoms with van der Waals surface area (Å²) in [6.07, 6.45) is 3.53. The lowest BCUT2D eigenvalue weighted by molar-refractivity contribution is -0.142. The van der Waals surface area contributed by atoms with Gasteiger partial charge in [0.05, 0.1) is 24.1 Å². The molecule has 1 heterocycles. The van der Waals surface area contributed by atoms with Gasteiger partial charge in [-0.05, 0) is 20.3 Å². The van der Waals surface area contributed by atoms with Crippen LogP contribution in [0.5, 0.6) is 0 Å². The average molecular weight is 388 g/mol. The first kappa shape index (κ1) is 21.8. The van der Waals surface area contributed by atoms with Gasteiger partial charge in [0.15, 0.2) is 0 Å². The van der Waals surface area contributed by atoms with Crippen molar-refractivity contribution < 1.29 is 9.53 Å². The highest BCUT2D eigenvalue weighted by molar-refractivity contribution is 8.00. The van der Waals surface area contributed by atoms with E-state index in [1.54, 1.807) is 30.4 Å². The highest BCUT2D eigenvalue weighted by Crippen LogP contribution is 2.24. The largest absolute Gasteiger partial charge is 0.466 e. The lowest BCUT2D eigenvalue weighted by Crippen LogP contribution is -2.31. The highest BCUT2D eigenvalue weighted by Gasteiger charge is 2.15.